The summed E-state index contributed by atoms with van der Waals surface area (Å²) in [5.41, 5.74) is 0.907. The molecule has 0 aromatic heterocycles. The van der Waals surface area contributed by atoms with Gasteiger partial charge in [0.1, 0.15) is 34.5 Å². The monoisotopic (exact) mass is 465 g/mol. The van der Waals surface area contributed by atoms with Gasteiger partial charge in [-0.1, -0.05) is 30.3 Å². The van der Waals surface area contributed by atoms with Gasteiger partial charge in [-0.2, -0.15) is 0 Å². The predicted octanol–water partition coefficient (Wildman–Crippen LogP) is 4.60. The molecule has 1 unspecified atom stereocenters. The summed E-state index contributed by atoms with van der Waals surface area (Å²) in [4.78, 5) is 27.6. The molecule has 1 N–H and O–H groups in total. The van der Waals surface area contributed by atoms with Crippen LogP contribution < -0.4 is 9.47 Å². The second-order valence-electron chi connectivity index (χ2n) is 7.64. The molecule has 34 heavy (non-hydrogen) atoms. The number of carbonyl (C=O) groups is 2. The van der Waals surface area contributed by atoms with Crippen LogP contribution in [0.25, 0.3) is 5.76 Å². The van der Waals surface area contributed by atoms with Crippen molar-refractivity contribution in [3.63, 3.8) is 0 Å². The molecule has 6 nitrogen and oxygen atoms in total. The summed E-state index contributed by atoms with van der Waals surface area (Å²) in [5.74, 6) is -2.71. The number of likely N-dealkylation sites (tertiary alicyclic amines) is 1. The van der Waals surface area contributed by atoms with E-state index >= 15 is 0 Å². The molecule has 3 aromatic rings. The molecule has 1 amide bonds. The first-order valence-electron chi connectivity index (χ1n) is 10.4. The second-order valence-corrected chi connectivity index (χ2v) is 7.64. The van der Waals surface area contributed by atoms with Crippen molar-refractivity contribution in [1.29, 1.82) is 0 Å². The molecular weight excluding hydrogens is 444 g/mol. The fourth-order valence-corrected chi connectivity index (χ4v) is 4.04. The Kier molecular flexibility index (Phi) is 6.32. The average Bonchev–Trinajstić information content (AvgIpc) is 3.09. The topological polar surface area (TPSA) is 76.1 Å². The predicted molar refractivity (Wildman–Crippen MR) is 120 cm³/mol. The Morgan fingerprint density at radius 1 is 0.882 bits per heavy atom. The minimum Gasteiger partial charge on any atom is -0.506 e. The Labute approximate surface area is 194 Å². The van der Waals surface area contributed by atoms with Crippen molar-refractivity contribution >= 4 is 17.4 Å². The first kappa shape index (κ1) is 23.0. The van der Waals surface area contributed by atoms with Gasteiger partial charge in [0.05, 0.1) is 25.8 Å². The van der Waals surface area contributed by atoms with E-state index in [1.807, 2.05) is 0 Å². The molecule has 1 atom stereocenters. The van der Waals surface area contributed by atoms with Crippen molar-refractivity contribution in [2.75, 3.05) is 14.2 Å². The number of rotatable bonds is 6. The Morgan fingerprint density at radius 3 is 1.94 bits per heavy atom. The third-order valence-electron chi connectivity index (χ3n) is 5.66. The molecule has 8 heteroatoms. The molecule has 1 aliphatic heterocycles. The van der Waals surface area contributed by atoms with Crippen LogP contribution in [0.1, 0.15) is 22.7 Å². The normalized spacial score (nSPS) is 17.2. The number of nitrogens with zero attached hydrogens (tertiary/aromatic N) is 1. The van der Waals surface area contributed by atoms with Gasteiger partial charge in [-0.05, 0) is 47.5 Å². The largest absolute Gasteiger partial charge is 0.506 e. The summed E-state index contributed by atoms with van der Waals surface area (Å²) in [5, 5.41) is 11.3. The van der Waals surface area contributed by atoms with Crippen molar-refractivity contribution in [2.24, 2.45) is 0 Å². The number of carbonyl (C=O) groups excluding carboxylic acids is 2. The molecule has 0 radical (unpaired) electrons. The first-order chi connectivity index (χ1) is 16.3. The summed E-state index contributed by atoms with van der Waals surface area (Å²) < 4.78 is 37.7. The lowest BCUT2D eigenvalue weighted by Gasteiger charge is -2.25. The fourth-order valence-electron chi connectivity index (χ4n) is 4.04. The van der Waals surface area contributed by atoms with E-state index in [4.69, 9.17) is 9.47 Å². The van der Waals surface area contributed by atoms with Gasteiger partial charge in [-0.15, -0.1) is 0 Å². The van der Waals surface area contributed by atoms with Crippen LogP contribution in [-0.2, 0) is 16.1 Å². The molecule has 1 aliphatic rings. The molecule has 1 heterocycles. The number of halogens is 2. The number of benzene rings is 3. The number of ketones is 1. The van der Waals surface area contributed by atoms with Crippen LogP contribution in [-0.4, -0.2) is 35.9 Å². The number of amides is 1. The third-order valence-corrected chi connectivity index (χ3v) is 5.66. The van der Waals surface area contributed by atoms with Crippen LogP contribution in [0.2, 0.25) is 0 Å². The number of aliphatic hydroxyl groups excluding tert-OH is 1. The summed E-state index contributed by atoms with van der Waals surface area (Å²) in [7, 11) is 2.80. The third kappa shape index (κ3) is 4.10. The highest BCUT2D eigenvalue weighted by Gasteiger charge is 2.46. The van der Waals surface area contributed by atoms with E-state index in [1.165, 1.54) is 67.7 Å². The van der Waals surface area contributed by atoms with E-state index in [9.17, 15) is 23.5 Å². The van der Waals surface area contributed by atoms with E-state index in [0.717, 1.165) is 0 Å². The van der Waals surface area contributed by atoms with Gasteiger partial charge in [0.2, 0.25) is 0 Å². The number of Topliss-reactive ketones (excluding diaryl/α,β-unsaturated/α-hetero) is 1. The zero-order valence-electron chi connectivity index (χ0n) is 18.4. The van der Waals surface area contributed by atoms with Gasteiger partial charge in [-0.3, -0.25) is 9.59 Å². The highest BCUT2D eigenvalue weighted by Crippen LogP contribution is 2.43. The maximum atomic E-state index is 13.6. The van der Waals surface area contributed by atoms with Crippen LogP contribution >= 0.6 is 0 Å². The van der Waals surface area contributed by atoms with Crippen LogP contribution in [0.3, 0.4) is 0 Å². The number of aliphatic hydroxyl groups is 1. The van der Waals surface area contributed by atoms with Gasteiger partial charge in [0, 0.05) is 6.54 Å². The quantitative estimate of drug-likeness (QED) is 0.327. The van der Waals surface area contributed by atoms with E-state index < -0.39 is 35.1 Å². The molecular formula is C26H21F2NO5. The summed E-state index contributed by atoms with van der Waals surface area (Å²) in [6.07, 6.45) is 0. The van der Waals surface area contributed by atoms with Gasteiger partial charge in [0.25, 0.3) is 11.7 Å². The van der Waals surface area contributed by atoms with Crippen LogP contribution in [0.5, 0.6) is 11.5 Å². The Balaban J connectivity index is 1.92. The lowest BCUT2D eigenvalue weighted by molar-refractivity contribution is -0.140. The first-order valence-corrected chi connectivity index (χ1v) is 10.4. The fraction of sp³-hybridized carbons (Fsp3) is 0.154. The Bertz CT molecular complexity index is 1250. The standard InChI is InChI=1S/C26H21F2NO5/c1-33-19-4-3-5-20(34-2)21(19)24(30)22-23(16-8-12-18(28)13-9-16)29(26(32)25(22)31)14-15-6-10-17(27)11-7-15/h3-13,23,30H,14H2,1-2H3/b24-22+. The smallest absolute Gasteiger partial charge is 0.295 e. The highest BCUT2D eigenvalue weighted by atomic mass is 19.1. The average molecular weight is 465 g/mol. The van der Waals surface area contributed by atoms with Gasteiger partial charge in [0.15, 0.2) is 0 Å². The van der Waals surface area contributed by atoms with Crippen LogP contribution in [0.4, 0.5) is 8.78 Å². The molecule has 0 saturated carbocycles. The van der Waals surface area contributed by atoms with Gasteiger partial charge >= 0.3 is 0 Å². The van der Waals surface area contributed by atoms with Crippen molar-refractivity contribution in [1.82, 2.24) is 4.90 Å². The Morgan fingerprint density at radius 2 is 1.41 bits per heavy atom. The molecule has 1 fully saturated rings. The second kappa shape index (κ2) is 9.35. The number of ether oxygens (including phenoxy) is 2. The molecule has 0 spiro atoms. The zero-order valence-corrected chi connectivity index (χ0v) is 18.4. The van der Waals surface area contributed by atoms with E-state index in [1.54, 1.807) is 18.2 Å². The highest BCUT2D eigenvalue weighted by molar-refractivity contribution is 6.46. The molecule has 174 valence electrons. The number of hydrogen-bond donors (Lipinski definition) is 1. The van der Waals surface area contributed by atoms with E-state index in [2.05, 4.69) is 0 Å². The van der Waals surface area contributed by atoms with E-state index in [0.29, 0.717) is 11.1 Å². The molecule has 0 aliphatic carbocycles. The minimum absolute atomic E-state index is 0.0350. The summed E-state index contributed by atoms with van der Waals surface area (Å²) in [6.45, 7) is -0.0350. The summed E-state index contributed by atoms with van der Waals surface area (Å²) in [6, 6.07) is 14.6. The van der Waals surface area contributed by atoms with Gasteiger partial charge in [-0.25, -0.2) is 8.78 Å². The van der Waals surface area contributed by atoms with Gasteiger partial charge < -0.3 is 19.5 Å². The maximum absolute atomic E-state index is 13.6. The zero-order chi connectivity index (χ0) is 24.4. The minimum atomic E-state index is -1.03. The number of methoxy groups -OCH3 is 2. The lowest BCUT2D eigenvalue weighted by Crippen LogP contribution is -2.29. The molecule has 3 aromatic carbocycles. The molecule has 4 rings (SSSR count). The van der Waals surface area contributed by atoms with Crippen LogP contribution in [0, 0.1) is 11.6 Å². The Hall–Kier alpha value is -4.20. The molecule has 0 bridgehead atoms. The summed E-state index contributed by atoms with van der Waals surface area (Å²) >= 11 is 0. The van der Waals surface area contributed by atoms with Crippen molar-refractivity contribution in [2.45, 2.75) is 12.6 Å². The van der Waals surface area contributed by atoms with Crippen LogP contribution in [0.15, 0.2) is 72.3 Å². The lowest BCUT2D eigenvalue weighted by atomic mass is 9.94. The van der Waals surface area contributed by atoms with E-state index in [-0.39, 0.29) is 29.2 Å². The SMILES string of the molecule is COc1cccc(OC)c1/C(O)=C1\C(=O)C(=O)N(Cc2ccc(F)cc2)C1c1ccc(F)cc1. The van der Waals surface area contributed by atoms with Crippen molar-refractivity contribution in [3.05, 3.63) is 101 Å². The number of hydrogen-bond acceptors (Lipinski definition) is 5. The van der Waals surface area contributed by atoms with Crippen molar-refractivity contribution < 1.29 is 33.0 Å². The maximum Gasteiger partial charge on any atom is 0.295 e. The van der Waals surface area contributed by atoms with Crippen molar-refractivity contribution in [3.8, 4) is 11.5 Å². The molecule has 1 saturated heterocycles.